The molecule has 3 rings (SSSR count). The molecule has 2 aromatic rings. The topological polar surface area (TPSA) is 35.5 Å². The van der Waals surface area contributed by atoms with Crippen LogP contribution in [0.5, 0.6) is 0 Å². The fourth-order valence-electron chi connectivity index (χ4n) is 4.05. The van der Waals surface area contributed by atoms with Gasteiger partial charge in [0.1, 0.15) is 5.44 Å². The van der Waals surface area contributed by atoms with E-state index in [1.807, 2.05) is 0 Å². The van der Waals surface area contributed by atoms with Crippen molar-refractivity contribution in [1.29, 1.82) is 0 Å². The van der Waals surface area contributed by atoms with E-state index in [4.69, 9.17) is 9.16 Å². The van der Waals surface area contributed by atoms with Crippen molar-refractivity contribution in [3.63, 3.8) is 0 Å². The summed E-state index contributed by atoms with van der Waals surface area (Å²) >= 11 is 1.73. The smallest absolute Gasteiger partial charge is 0.303 e. The van der Waals surface area contributed by atoms with Crippen molar-refractivity contribution in [2.45, 2.75) is 56.3 Å². The Labute approximate surface area is 174 Å². The Bertz CT molecular complexity index is 734. The van der Waals surface area contributed by atoms with Crippen LogP contribution < -0.4 is 10.4 Å². The van der Waals surface area contributed by atoms with Gasteiger partial charge in [-0.2, -0.15) is 0 Å². The third-order valence-electron chi connectivity index (χ3n) is 5.27. The van der Waals surface area contributed by atoms with E-state index >= 15 is 0 Å². The maximum absolute atomic E-state index is 11.3. The molecule has 0 radical (unpaired) electrons. The number of thioether (sulfide) groups is 1. The first-order valence-corrected chi connectivity index (χ1v) is 12.8. The summed E-state index contributed by atoms with van der Waals surface area (Å²) in [6.07, 6.45) is 1.92. The molecule has 0 amide bonds. The first kappa shape index (κ1) is 21.2. The van der Waals surface area contributed by atoms with Gasteiger partial charge in [-0.05, 0) is 28.3 Å². The Kier molecular flexibility index (Phi) is 6.68. The molecule has 0 N–H and O–H groups in total. The lowest BCUT2D eigenvalue weighted by molar-refractivity contribution is -0.142. The lowest BCUT2D eigenvalue weighted by Crippen LogP contribution is -2.67. The van der Waals surface area contributed by atoms with Gasteiger partial charge in [-0.3, -0.25) is 4.79 Å². The van der Waals surface area contributed by atoms with Crippen molar-refractivity contribution in [1.82, 2.24) is 0 Å². The minimum Gasteiger partial charge on any atom is -0.451 e. The molecule has 0 bridgehead atoms. The third-order valence-corrected chi connectivity index (χ3v) is 11.7. The fourth-order valence-corrected chi connectivity index (χ4v) is 10.1. The quantitative estimate of drug-likeness (QED) is 0.520. The molecule has 2 atom stereocenters. The zero-order chi connectivity index (χ0) is 20.2. The number of ether oxygens (including phenoxy) is 1. The minimum absolute atomic E-state index is 0.0196. The van der Waals surface area contributed by atoms with Gasteiger partial charge in [0.2, 0.25) is 0 Å². The highest BCUT2D eigenvalue weighted by Crippen LogP contribution is 2.39. The second kappa shape index (κ2) is 8.85. The zero-order valence-corrected chi connectivity index (χ0v) is 19.0. The Morgan fingerprint density at radius 2 is 1.54 bits per heavy atom. The van der Waals surface area contributed by atoms with Crippen LogP contribution in [0.1, 0.15) is 40.5 Å². The van der Waals surface area contributed by atoms with E-state index in [1.54, 1.807) is 11.8 Å². The van der Waals surface area contributed by atoms with Crippen LogP contribution in [0.3, 0.4) is 0 Å². The summed E-state index contributed by atoms with van der Waals surface area (Å²) in [6.45, 7) is 9.04. The van der Waals surface area contributed by atoms with Gasteiger partial charge < -0.3 is 9.16 Å². The largest absolute Gasteiger partial charge is 0.451 e. The van der Waals surface area contributed by atoms with Gasteiger partial charge >= 0.3 is 5.97 Å². The lowest BCUT2D eigenvalue weighted by Gasteiger charge is -2.43. The molecule has 0 saturated carbocycles. The normalized spacial score (nSPS) is 20.1. The van der Waals surface area contributed by atoms with Crippen molar-refractivity contribution in [3.8, 4) is 0 Å². The summed E-state index contributed by atoms with van der Waals surface area (Å²) < 4.78 is 12.4. The number of carbonyl (C=O) groups is 1. The predicted molar refractivity (Wildman–Crippen MR) is 120 cm³/mol. The van der Waals surface area contributed by atoms with Crippen LogP contribution in [-0.2, 0) is 14.0 Å². The molecule has 28 heavy (non-hydrogen) atoms. The standard InChI is InChI=1S/C23H30O3SSi/c1-18(24)26-22-16-15-19(27-22)17-25-28(23(2,3)4,20-11-7-5-8-12-20)21-13-9-6-10-14-21/h5-14,19,22H,15-17H2,1-4H3/t19-,22+/m1/s1. The van der Waals surface area contributed by atoms with E-state index in [0.29, 0.717) is 11.9 Å². The zero-order valence-electron chi connectivity index (χ0n) is 17.2. The van der Waals surface area contributed by atoms with Crippen molar-refractivity contribution in [3.05, 3.63) is 60.7 Å². The van der Waals surface area contributed by atoms with E-state index in [9.17, 15) is 4.79 Å². The van der Waals surface area contributed by atoms with Crippen molar-refractivity contribution in [2.24, 2.45) is 0 Å². The van der Waals surface area contributed by atoms with Crippen LogP contribution in [0.2, 0.25) is 5.04 Å². The van der Waals surface area contributed by atoms with E-state index in [-0.39, 0.29) is 16.4 Å². The van der Waals surface area contributed by atoms with E-state index < -0.39 is 8.32 Å². The molecule has 1 saturated heterocycles. The summed E-state index contributed by atoms with van der Waals surface area (Å²) in [5, 5.41) is 2.93. The summed E-state index contributed by atoms with van der Waals surface area (Å²) in [5.74, 6) is -0.203. The van der Waals surface area contributed by atoms with Gasteiger partial charge in [0.25, 0.3) is 8.32 Å². The molecule has 1 heterocycles. The predicted octanol–water partition coefficient (Wildman–Crippen LogP) is 4.35. The highest BCUT2D eigenvalue weighted by atomic mass is 32.2. The average Bonchev–Trinajstić information content (AvgIpc) is 3.09. The summed E-state index contributed by atoms with van der Waals surface area (Å²) in [7, 11) is -2.49. The molecule has 0 aliphatic carbocycles. The second-order valence-electron chi connectivity index (χ2n) is 8.35. The first-order chi connectivity index (χ1) is 13.3. The van der Waals surface area contributed by atoms with Crippen molar-refractivity contribution in [2.75, 3.05) is 6.61 Å². The first-order valence-electron chi connectivity index (χ1n) is 9.90. The number of hydrogen-bond donors (Lipinski definition) is 0. The van der Waals surface area contributed by atoms with Gasteiger partial charge in [0, 0.05) is 18.8 Å². The number of hydrogen-bond acceptors (Lipinski definition) is 4. The van der Waals surface area contributed by atoms with E-state index in [2.05, 4.69) is 81.4 Å². The van der Waals surface area contributed by atoms with Crippen LogP contribution in [-0.4, -0.2) is 31.6 Å². The third kappa shape index (κ3) is 4.53. The van der Waals surface area contributed by atoms with E-state index in [1.165, 1.54) is 17.3 Å². The van der Waals surface area contributed by atoms with Crippen LogP contribution >= 0.6 is 11.8 Å². The second-order valence-corrected chi connectivity index (χ2v) is 14.1. The molecule has 1 aliphatic rings. The Balaban J connectivity index is 1.90. The van der Waals surface area contributed by atoms with Crippen LogP contribution in [0.15, 0.2) is 60.7 Å². The highest BCUT2D eigenvalue weighted by Gasteiger charge is 2.50. The maximum atomic E-state index is 11.3. The summed E-state index contributed by atoms with van der Waals surface area (Å²) in [5.41, 5.74) is -0.0368. The van der Waals surface area contributed by atoms with Crippen molar-refractivity contribution >= 4 is 36.4 Å². The Hall–Kier alpha value is -1.56. The number of carbonyl (C=O) groups excluding carboxylic acids is 1. The molecular formula is C23H30O3SSi. The maximum Gasteiger partial charge on any atom is 0.303 e. The van der Waals surface area contributed by atoms with Crippen LogP contribution in [0.4, 0.5) is 0 Å². The Morgan fingerprint density at radius 3 is 2.00 bits per heavy atom. The van der Waals surface area contributed by atoms with Gasteiger partial charge in [0.05, 0.1) is 0 Å². The van der Waals surface area contributed by atoms with Gasteiger partial charge in [-0.1, -0.05) is 81.4 Å². The number of esters is 1. The molecule has 3 nitrogen and oxygen atoms in total. The van der Waals surface area contributed by atoms with Gasteiger partial charge in [0.15, 0.2) is 0 Å². The fraction of sp³-hybridized carbons (Fsp3) is 0.435. The monoisotopic (exact) mass is 414 g/mol. The number of rotatable bonds is 6. The molecule has 0 spiro atoms. The van der Waals surface area contributed by atoms with Gasteiger partial charge in [-0.25, -0.2) is 0 Å². The van der Waals surface area contributed by atoms with E-state index in [0.717, 1.165) is 12.8 Å². The van der Waals surface area contributed by atoms with Crippen molar-refractivity contribution < 1.29 is 14.0 Å². The molecule has 0 unspecified atom stereocenters. The van der Waals surface area contributed by atoms with Crippen LogP contribution in [0, 0.1) is 0 Å². The molecule has 2 aromatic carbocycles. The molecule has 1 fully saturated rings. The summed E-state index contributed by atoms with van der Waals surface area (Å²) in [6, 6.07) is 21.4. The lowest BCUT2D eigenvalue weighted by atomic mass is 10.2. The molecule has 1 aliphatic heterocycles. The minimum atomic E-state index is -2.49. The number of benzene rings is 2. The molecular weight excluding hydrogens is 384 g/mol. The molecule has 150 valence electrons. The van der Waals surface area contributed by atoms with Crippen LogP contribution in [0.25, 0.3) is 0 Å². The average molecular weight is 415 g/mol. The SMILES string of the molecule is CC(=O)O[C@@H]1CC[C@H](CO[Si](c2ccccc2)(c2ccccc2)C(C)(C)C)S1. The molecule has 0 aromatic heterocycles. The summed E-state index contributed by atoms with van der Waals surface area (Å²) in [4.78, 5) is 11.3. The highest BCUT2D eigenvalue weighted by molar-refractivity contribution is 8.00. The molecule has 5 heteroatoms. The van der Waals surface area contributed by atoms with Gasteiger partial charge in [-0.15, -0.1) is 11.8 Å². The Morgan fingerprint density at radius 1 is 1.00 bits per heavy atom.